The Balaban J connectivity index is 1.63. The number of rotatable bonds is 7. The standard InChI is InChI=1S/C21H23N5O2S/c1-14-19(29-21(24-14)17-9-4-5-10-22-17)20(28)23-12-15-7-6-8-16(11-15)25-18(27)13-26(2)3/h4-11H,12-13H2,1-3H3,(H,23,28)(H,25,27). The largest absolute Gasteiger partial charge is 0.347 e. The maximum Gasteiger partial charge on any atom is 0.263 e. The molecule has 3 aromatic rings. The highest BCUT2D eigenvalue weighted by Gasteiger charge is 2.16. The summed E-state index contributed by atoms with van der Waals surface area (Å²) >= 11 is 1.33. The molecule has 0 spiro atoms. The van der Waals surface area contributed by atoms with Crippen LogP contribution >= 0.6 is 11.3 Å². The summed E-state index contributed by atoms with van der Waals surface area (Å²) in [5, 5.41) is 6.50. The number of hydrogen-bond donors (Lipinski definition) is 2. The van der Waals surface area contributed by atoms with Gasteiger partial charge in [0.2, 0.25) is 5.91 Å². The van der Waals surface area contributed by atoms with Crippen molar-refractivity contribution in [2.24, 2.45) is 0 Å². The lowest BCUT2D eigenvalue weighted by atomic mass is 10.2. The molecule has 0 fully saturated rings. The molecule has 0 aliphatic heterocycles. The second kappa shape index (κ2) is 9.40. The van der Waals surface area contributed by atoms with E-state index in [-0.39, 0.29) is 11.8 Å². The molecule has 2 heterocycles. The van der Waals surface area contributed by atoms with Crippen molar-refractivity contribution in [3.63, 3.8) is 0 Å². The summed E-state index contributed by atoms with van der Waals surface area (Å²) in [6.07, 6.45) is 1.70. The first kappa shape index (κ1) is 20.6. The minimum Gasteiger partial charge on any atom is -0.347 e. The highest BCUT2D eigenvalue weighted by Crippen LogP contribution is 2.26. The molecule has 29 heavy (non-hydrogen) atoms. The van der Waals surface area contributed by atoms with E-state index in [1.165, 1.54) is 11.3 Å². The first-order valence-corrected chi connectivity index (χ1v) is 9.94. The molecule has 1 aromatic carbocycles. The molecule has 0 bridgehead atoms. The zero-order valence-corrected chi connectivity index (χ0v) is 17.4. The van der Waals surface area contributed by atoms with E-state index in [2.05, 4.69) is 20.6 Å². The second-order valence-electron chi connectivity index (χ2n) is 6.82. The van der Waals surface area contributed by atoms with Crippen molar-refractivity contribution in [3.05, 3.63) is 64.8 Å². The van der Waals surface area contributed by atoms with Gasteiger partial charge >= 0.3 is 0 Å². The van der Waals surface area contributed by atoms with Crippen molar-refractivity contribution >= 4 is 28.8 Å². The highest BCUT2D eigenvalue weighted by atomic mass is 32.1. The molecular formula is C21H23N5O2S. The van der Waals surface area contributed by atoms with E-state index in [4.69, 9.17) is 0 Å². The lowest BCUT2D eigenvalue weighted by Crippen LogP contribution is -2.27. The van der Waals surface area contributed by atoms with Crippen molar-refractivity contribution in [2.75, 3.05) is 26.0 Å². The average molecular weight is 410 g/mol. The molecule has 2 amide bonds. The van der Waals surface area contributed by atoms with Gasteiger partial charge in [-0.05, 0) is 50.8 Å². The number of likely N-dealkylation sites (N-methyl/N-ethyl adjacent to an activating group) is 1. The number of nitrogens with zero attached hydrogens (tertiary/aromatic N) is 3. The summed E-state index contributed by atoms with van der Waals surface area (Å²) in [6, 6.07) is 13.0. The SMILES string of the molecule is Cc1nc(-c2ccccn2)sc1C(=O)NCc1cccc(NC(=O)CN(C)C)c1. The molecule has 0 atom stereocenters. The Morgan fingerprint density at radius 3 is 2.69 bits per heavy atom. The number of carbonyl (C=O) groups is 2. The van der Waals surface area contributed by atoms with Gasteiger partial charge < -0.3 is 15.5 Å². The third kappa shape index (κ3) is 5.69. The monoisotopic (exact) mass is 409 g/mol. The molecule has 8 heteroatoms. The number of pyridine rings is 1. The Kier molecular flexibility index (Phi) is 6.69. The molecule has 2 aromatic heterocycles. The van der Waals surface area contributed by atoms with Gasteiger partial charge in [-0.25, -0.2) is 4.98 Å². The van der Waals surface area contributed by atoms with E-state index in [0.717, 1.165) is 16.3 Å². The highest BCUT2D eigenvalue weighted by molar-refractivity contribution is 7.17. The molecule has 3 rings (SSSR count). The van der Waals surface area contributed by atoms with Crippen LogP contribution < -0.4 is 10.6 Å². The predicted molar refractivity (Wildman–Crippen MR) is 115 cm³/mol. The summed E-state index contributed by atoms with van der Waals surface area (Å²) < 4.78 is 0. The molecule has 2 N–H and O–H groups in total. The van der Waals surface area contributed by atoms with Crippen LogP contribution in [-0.2, 0) is 11.3 Å². The number of hydrogen-bond acceptors (Lipinski definition) is 6. The van der Waals surface area contributed by atoms with Crippen LogP contribution in [0.2, 0.25) is 0 Å². The van der Waals surface area contributed by atoms with Crippen molar-refractivity contribution in [3.8, 4) is 10.7 Å². The summed E-state index contributed by atoms with van der Waals surface area (Å²) in [5.41, 5.74) is 3.03. The van der Waals surface area contributed by atoms with Crippen LogP contribution in [0.1, 0.15) is 20.9 Å². The number of aromatic nitrogens is 2. The van der Waals surface area contributed by atoms with E-state index in [0.29, 0.717) is 29.3 Å². The Morgan fingerprint density at radius 2 is 1.97 bits per heavy atom. The number of carbonyl (C=O) groups excluding carboxylic acids is 2. The third-order valence-corrected chi connectivity index (χ3v) is 5.19. The number of benzene rings is 1. The number of aryl methyl sites for hydroxylation is 1. The molecule has 0 aliphatic rings. The Hall–Kier alpha value is -3.10. The van der Waals surface area contributed by atoms with E-state index in [9.17, 15) is 9.59 Å². The average Bonchev–Trinajstić information content (AvgIpc) is 3.08. The van der Waals surface area contributed by atoms with Gasteiger partial charge in [0.1, 0.15) is 9.88 Å². The van der Waals surface area contributed by atoms with Crippen LogP contribution in [0.5, 0.6) is 0 Å². The molecule has 0 aliphatic carbocycles. The van der Waals surface area contributed by atoms with Crippen LogP contribution in [0.3, 0.4) is 0 Å². The summed E-state index contributed by atoms with van der Waals surface area (Å²) in [5.74, 6) is -0.261. The van der Waals surface area contributed by atoms with Crippen LogP contribution in [0.4, 0.5) is 5.69 Å². The fourth-order valence-corrected chi connectivity index (χ4v) is 3.67. The second-order valence-corrected chi connectivity index (χ2v) is 7.82. The van der Waals surface area contributed by atoms with Crippen molar-refractivity contribution in [1.82, 2.24) is 20.2 Å². The fraction of sp³-hybridized carbons (Fsp3) is 0.238. The summed E-state index contributed by atoms with van der Waals surface area (Å²) in [6.45, 7) is 2.48. The molecule has 7 nitrogen and oxygen atoms in total. The van der Waals surface area contributed by atoms with Gasteiger partial charge in [0.15, 0.2) is 0 Å². The summed E-state index contributed by atoms with van der Waals surface area (Å²) in [4.78, 5) is 35.7. The molecular weight excluding hydrogens is 386 g/mol. The van der Waals surface area contributed by atoms with Gasteiger partial charge in [-0.3, -0.25) is 14.6 Å². The van der Waals surface area contributed by atoms with Crippen molar-refractivity contribution in [2.45, 2.75) is 13.5 Å². The summed E-state index contributed by atoms with van der Waals surface area (Å²) in [7, 11) is 3.68. The number of nitrogens with one attached hydrogen (secondary N) is 2. The molecule has 0 radical (unpaired) electrons. The minimum absolute atomic E-state index is 0.0847. The van der Waals surface area contributed by atoms with Gasteiger partial charge in [-0.15, -0.1) is 11.3 Å². The number of anilines is 1. The van der Waals surface area contributed by atoms with Crippen LogP contribution in [-0.4, -0.2) is 47.3 Å². The first-order valence-electron chi connectivity index (χ1n) is 9.13. The topological polar surface area (TPSA) is 87.2 Å². The molecule has 0 saturated heterocycles. The Bertz CT molecular complexity index is 1000. The minimum atomic E-state index is -0.177. The Morgan fingerprint density at radius 1 is 1.14 bits per heavy atom. The van der Waals surface area contributed by atoms with Crippen molar-refractivity contribution < 1.29 is 9.59 Å². The molecule has 0 unspecified atom stereocenters. The smallest absolute Gasteiger partial charge is 0.263 e. The van der Waals surface area contributed by atoms with Crippen LogP contribution in [0.15, 0.2) is 48.7 Å². The normalized spacial score (nSPS) is 10.8. The van der Waals surface area contributed by atoms with Gasteiger partial charge in [-0.1, -0.05) is 18.2 Å². The first-order chi connectivity index (χ1) is 13.9. The maximum atomic E-state index is 12.6. The Labute approximate surface area is 173 Å². The maximum absolute atomic E-state index is 12.6. The van der Waals surface area contributed by atoms with Gasteiger partial charge in [0.25, 0.3) is 5.91 Å². The third-order valence-electron chi connectivity index (χ3n) is 4.01. The predicted octanol–water partition coefficient (Wildman–Crippen LogP) is 2.94. The zero-order valence-electron chi connectivity index (χ0n) is 16.6. The number of amides is 2. The van der Waals surface area contributed by atoms with Gasteiger partial charge in [0, 0.05) is 18.4 Å². The van der Waals surface area contributed by atoms with Gasteiger partial charge in [0.05, 0.1) is 17.9 Å². The van der Waals surface area contributed by atoms with Gasteiger partial charge in [-0.2, -0.15) is 0 Å². The lowest BCUT2D eigenvalue weighted by molar-refractivity contribution is -0.116. The number of thiazole rings is 1. The fourth-order valence-electron chi connectivity index (χ4n) is 2.72. The van der Waals surface area contributed by atoms with Crippen LogP contribution in [0.25, 0.3) is 10.7 Å². The zero-order chi connectivity index (χ0) is 20.8. The molecule has 150 valence electrons. The lowest BCUT2D eigenvalue weighted by Gasteiger charge is -2.11. The van der Waals surface area contributed by atoms with Crippen LogP contribution in [0, 0.1) is 6.92 Å². The van der Waals surface area contributed by atoms with E-state index >= 15 is 0 Å². The van der Waals surface area contributed by atoms with E-state index in [1.54, 1.807) is 11.1 Å². The van der Waals surface area contributed by atoms with Crippen molar-refractivity contribution in [1.29, 1.82) is 0 Å². The molecule has 0 saturated carbocycles. The quantitative estimate of drug-likeness (QED) is 0.627. The van der Waals surface area contributed by atoms with E-state index < -0.39 is 0 Å². The van der Waals surface area contributed by atoms with E-state index in [1.807, 2.05) is 63.5 Å².